The lowest BCUT2D eigenvalue weighted by Gasteiger charge is -2.34. The number of hydrogen-bond donors (Lipinski definition) is 2. The highest BCUT2D eigenvalue weighted by Crippen LogP contribution is 2.26. The number of hydrogen-bond acceptors (Lipinski definition) is 4. The summed E-state index contributed by atoms with van der Waals surface area (Å²) in [6.07, 6.45) is -0.548. The first-order chi connectivity index (χ1) is 7.82. The van der Waals surface area contributed by atoms with Gasteiger partial charge in [-0.05, 0) is 37.1 Å². The zero-order valence-corrected chi connectivity index (χ0v) is 10.7. The summed E-state index contributed by atoms with van der Waals surface area (Å²) in [4.78, 5) is 0.199. The minimum Gasteiger partial charge on any atom is -0.398 e. The number of rotatable bonds is 2. The van der Waals surface area contributed by atoms with Crippen molar-refractivity contribution in [2.24, 2.45) is 0 Å². The molecule has 94 valence electrons. The van der Waals surface area contributed by atoms with Gasteiger partial charge in [0.2, 0.25) is 10.0 Å². The molecule has 0 unspecified atom stereocenters. The highest BCUT2D eigenvalue weighted by Gasteiger charge is 2.35. The van der Waals surface area contributed by atoms with Crippen LogP contribution in [0.25, 0.3) is 0 Å². The highest BCUT2D eigenvalue weighted by atomic mass is 32.2. The fraction of sp³-hybridized carbons (Fsp3) is 0.455. The van der Waals surface area contributed by atoms with E-state index in [0.29, 0.717) is 5.69 Å². The molecule has 0 radical (unpaired) electrons. The van der Waals surface area contributed by atoms with Crippen LogP contribution in [0.1, 0.15) is 11.1 Å². The van der Waals surface area contributed by atoms with Crippen LogP contribution in [-0.4, -0.2) is 37.0 Å². The number of anilines is 1. The maximum atomic E-state index is 12.1. The molecule has 0 saturated carbocycles. The number of nitrogen functional groups attached to an aromatic ring is 1. The maximum Gasteiger partial charge on any atom is 0.243 e. The summed E-state index contributed by atoms with van der Waals surface area (Å²) in [6, 6.07) is 3.09. The van der Waals surface area contributed by atoms with Crippen molar-refractivity contribution in [1.29, 1.82) is 0 Å². The van der Waals surface area contributed by atoms with Gasteiger partial charge in [-0.25, -0.2) is 8.42 Å². The van der Waals surface area contributed by atoms with Crippen LogP contribution in [0.2, 0.25) is 0 Å². The summed E-state index contributed by atoms with van der Waals surface area (Å²) in [7, 11) is -3.50. The van der Waals surface area contributed by atoms with E-state index in [4.69, 9.17) is 10.8 Å². The van der Waals surface area contributed by atoms with Crippen LogP contribution in [0.5, 0.6) is 0 Å². The lowest BCUT2D eigenvalue weighted by molar-refractivity contribution is 0.0548. The fourth-order valence-electron chi connectivity index (χ4n) is 1.76. The Morgan fingerprint density at radius 1 is 1.35 bits per heavy atom. The second-order valence-corrected chi connectivity index (χ2v) is 6.37. The van der Waals surface area contributed by atoms with Crippen LogP contribution in [0, 0.1) is 13.8 Å². The number of aliphatic hydroxyl groups excluding tert-OH is 1. The molecular weight excluding hydrogens is 240 g/mol. The average molecular weight is 256 g/mol. The number of nitrogens with zero attached hydrogens (tertiary/aromatic N) is 1. The fourth-order valence-corrected chi connectivity index (χ4v) is 3.40. The van der Waals surface area contributed by atoms with Crippen LogP contribution in [0.4, 0.5) is 5.69 Å². The van der Waals surface area contributed by atoms with Crippen LogP contribution < -0.4 is 5.73 Å². The Morgan fingerprint density at radius 2 is 1.94 bits per heavy atom. The van der Waals surface area contributed by atoms with Crippen LogP contribution in [0.3, 0.4) is 0 Å². The molecule has 0 aromatic heterocycles. The molecule has 0 atom stereocenters. The zero-order valence-electron chi connectivity index (χ0n) is 9.84. The first kappa shape index (κ1) is 12.3. The number of sulfonamides is 1. The summed E-state index contributed by atoms with van der Waals surface area (Å²) in [5.74, 6) is 0. The molecule has 0 aliphatic carbocycles. The Bertz CT molecular complexity index is 525. The molecule has 1 aromatic carbocycles. The summed E-state index contributed by atoms with van der Waals surface area (Å²) in [6.45, 7) is 4.01. The molecule has 1 aromatic rings. The van der Waals surface area contributed by atoms with Gasteiger partial charge in [-0.2, -0.15) is 4.31 Å². The summed E-state index contributed by atoms with van der Waals surface area (Å²) in [5, 5.41) is 9.15. The van der Waals surface area contributed by atoms with Crippen molar-refractivity contribution >= 4 is 15.7 Å². The monoisotopic (exact) mass is 256 g/mol. The normalized spacial score (nSPS) is 18.1. The van der Waals surface area contributed by atoms with Gasteiger partial charge in [0.1, 0.15) is 0 Å². The quantitative estimate of drug-likeness (QED) is 0.743. The van der Waals surface area contributed by atoms with E-state index in [1.165, 1.54) is 10.4 Å². The second-order valence-electron chi connectivity index (χ2n) is 4.43. The van der Waals surface area contributed by atoms with E-state index in [2.05, 4.69) is 0 Å². The van der Waals surface area contributed by atoms with E-state index in [-0.39, 0.29) is 18.0 Å². The number of β-amino-alcohol motifs (C(OH)–C–C–N with tert-alkyl or cyclic N) is 1. The minimum absolute atomic E-state index is 0.162. The topological polar surface area (TPSA) is 83.6 Å². The third kappa shape index (κ3) is 2.03. The molecule has 1 aliphatic rings. The summed E-state index contributed by atoms with van der Waals surface area (Å²) >= 11 is 0. The number of aryl methyl sites for hydroxylation is 1. The number of nitrogens with two attached hydrogens (primary N) is 1. The molecule has 1 fully saturated rings. The highest BCUT2D eigenvalue weighted by molar-refractivity contribution is 7.89. The van der Waals surface area contributed by atoms with Crippen molar-refractivity contribution in [2.75, 3.05) is 18.8 Å². The third-order valence-corrected chi connectivity index (χ3v) is 4.96. The van der Waals surface area contributed by atoms with Crippen LogP contribution in [0.15, 0.2) is 17.0 Å². The Balaban J connectivity index is 2.41. The molecule has 0 bridgehead atoms. The number of benzene rings is 1. The third-order valence-electron chi connectivity index (χ3n) is 3.15. The van der Waals surface area contributed by atoms with Gasteiger partial charge in [0, 0.05) is 18.8 Å². The minimum atomic E-state index is -3.50. The van der Waals surface area contributed by atoms with E-state index in [9.17, 15) is 8.42 Å². The van der Waals surface area contributed by atoms with Gasteiger partial charge in [-0.15, -0.1) is 0 Å². The molecule has 3 N–H and O–H groups in total. The molecule has 2 rings (SSSR count). The largest absolute Gasteiger partial charge is 0.398 e. The molecule has 5 nitrogen and oxygen atoms in total. The van der Waals surface area contributed by atoms with Crippen molar-refractivity contribution in [3.05, 3.63) is 23.3 Å². The standard InChI is InChI=1S/C11H16N2O3S/c1-7-3-10(4-11(12)8(7)2)17(15,16)13-5-9(14)6-13/h3-4,9,14H,5-6,12H2,1-2H3. The Kier molecular flexibility index (Phi) is 2.89. The second kappa shape index (κ2) is 3.97. The van der Waals surface area contributed by atoms with Gasteiger partial charge in [0.15, 0.2) is 0 Å². The molecular formula is C11H16N2O3S. The van der Waals surface area contributed by atoms with Crippen molar-refractivity contribution in [3.8, 4) is 0 Å². The van der Waals surface area contributed by atoms with E-state index in [1.807, 2.05) is 13.8 Å². The molecule has 1 aliphatic heterocycles. The van der Waals surface area contributed by atoms with Gasteiger partial charge in [0.05, 0.1) is 11.0 Å². The van der Waals surface area contributed by atoms with Crippen molar-refractivity contribution < 1.29 is 13.5 Å². The van der Waals surface area contributed by atoms with Gasteiger partial charge in [-0.3, -0.25) is 0 Å². The lowest BCUT2D eigenvalue weighted by atomic mass is 10.1. The smallest absolute Gasteiger partial charge is 0.243 e. The molecule has 17 heavy (non-hydrogen) atoms. The predicted octanol–water partition coefficient (Wildman–Crippen LogP) is 0.251. The van der Waals surface area contributed by atoms with Gasteiger partial charge in [0.25, 0.3) is 0 Å². The van der Waals surface area contributed by atoms with Gasteiger partial charge in [-0.1, -0.05) is 0 Å². The van der Waals surface area contributed by atoms with Crippen molar-refractivity contribution in [2.45, 2.75) is 24.8 Å². The molecule has 1 saturated heterocycles. The first-order valence-corrected chi connectivity index (χ1v) is 6.81. The molecule has 0 spiro atoms. The van der Waals surface area contributed by atoms with E-state index in [0.717, 1.165) is 11.1 Å². The molecule has 0 amide bonds. The van der Waals surface area contributed by atoms with Crippen molar-refractivity contribution in [1.82, 2.24) is 4.31 Å². The average Bonchev–Trinajstić information content (AvgIpc) is 2.20. The first-order valence-electron chi connectivity index (χ1n) is 5.37. The summed E-state index contributed by atoms with van der Waals surface area (Å²) in [5.41, 5.74) is 8.00. The lowest BCUT2D eigenvalue weighted by Crippen LogP contribution is -2.53. The van der Waals surface area contributed by atoms with E-state index in [1.54, 1.807) is 6.07 Å². The Morgan fingerprint density at radius 3 is 2.41 bits per heavy atom. The van der Waals surface area contributed by atoms with Crippen LogP contribution >= 0.6 is 0 Å². The Labute approximate surface area is 101 Å². The van der Waals surface area contributed by atoms with Crippen LogP contribution in [-0.2, 0) is 10.0 Å². The van der Waals surface area contributed by atoms with E-state index >= 15 is 0 Å². The molecule has 1 heterocycles. The SMILES string of the molecule is Cc1cc(S(=O)(=O)N2CC(O)C2)cc(N)c1C. The van der Waals surface area contributed by atoms with Gasteiger partial charge < -0.3 is 10.8 Å². The molecule has 6 heteroatoms. The Hall–Kier alpha value is -1.11. The number of aliphatic hydroxyl groups is 1. The van der Waals surface area contributed by atoms with Crippen molar-refractivity contribution in [3.63, 3.8) is 0 Å². The predicted molar refractivity (Wildman–Crippen MR) is 65.1 cm³/mol. The van der Waals surface area contributed by atoms with Gasteiger partial charge >= 0.3 is 0 Å². The summed E-state index contributed by atoms with van der Waals surface area (Å²) < 4.78 is 25.5. The maximum absolute atomic E-state index is 12.1. The zero-order chi connectivity index (χ0) is 12.8. The van der Waals surface area contributed by atoms with E-state index < -0.39 is 16.1 Å².